The zero-order valence-electron chi connectivity index (χ0n) is 22.9. The van der Waals surface area contributed by atoms with Crippen LogP contribution < -0.4 is 36.9 Å². The van der Waals surface area contributed by atoms with Crippen molar-refractivity contribution in [3.8, 4) is 29.5 Å². The molecule has 2 aliphatic rings. The van der Waals surface area contributed by atoms with Crippen molar-refractivity contribution in [2.45, 2.75) is 18.4 Å². The van der Waals surface area contributed by atoms with Crippen molar-refractivity contribution >= 4 is 40.7 Å². The van der Waals surface area contributed by atoms with Crippen LogP contribution in [-0.4, -0.2) is 45.5 Å². The Morgan fingerprint density at radius 1 is 1.09 bits per heavy atom. The molecule has 44 heavy (non-hydrogen) atoms. The Morgan fingerprint density at radius 2 is 1.93 bits per heavy atom. The van der Waals surface area contributed by atoms with E-state index in [4.69, 9.17) is 20.9 Å². The molecule has 220 valence electrons. The van der Waals surface area contributed by atoms with E-state index in [0.29, 0.717) is 24.4 Å². The number of hydrogen-bond acceptors (Lipinski definition) is 10. The number of para-hydroxylation sites is 1. The lowest BCUT2D eigenvalue weighted by atomic mass is 9.93. The molecule has 2 atom stereocenters. The number of amides is 1. The second-order valence-corrected chi connectivity index (χ2v) is 9.99. The fourth-order valence-corrected chi connectivity index (χ4v) is 5.04. The van der Waals surface area contributed by atoms with Gasteiger partial charge < -0.3 is 42.0 Å². The SMILES string of the molecule is N#Cc1ccc(C(=O)O)c(Oc2nc(Oc3cccc(N=C(N)N)c3)nc3c2NC(=O)C(CC2CNc4ccccc42)N3)c1. The molecule has 4 aromatic rings. The number of nitrogens with zero attached hydrogens (tertiary/aromatic N) is 4. The summed E-state index contributed by atoms with van der Waals surface area (Å²) in [6.45, 7) is 0.670. The molecule has 0 radical (unpaired) electrons. The molecule has 14 nitrogen and oxygen atoms in total. The molecule has 6 rings (SSSR count). The van der Waals surface area contributed by atoms with Gasteiger partial charge in [-0.15, -0.1) is 0 Å². The van der Waals surface area contributed by atoms with Gasteiger partial charge in [-0.05, 0) is 48.4 Å². The molecule has 14 heteroatoms. The number of nitrogens with two attached hydrogens (primary N) is 2. The van der Waals surface area contributed by atoms with E-state index < -0.39 is 12.0 Å². The summed E-state index contributed by atoms with van der Waals surface area (Å²) in [6.07, 6.45) is 0.458. The molecule has 2 aliphatic heterocycles. The number of fused-ring (bicyclic) bond motifs is 2. The topological polar surface area (TPSA) is 223 Å². The second kappa shape index (κ2) is 11.5. The van der Waals surface area contributed by atoms with Gasteiger partial charge in [0, 0.05) is 24.2 Å². The molecule has 0 fully saturated rings. The maximum atomic E-state index is 13.3. The fraction of sp³-hybridized carbons (Fsp3) is 0.133. The van der Waals surface area contributed by atoms with Crippen molar-refractivity contribution in [2.75, 3.05) is 22.5 Å². The van der Waals surface area contributed by atoms with E-state index in [1.54, 1.807) is 24.3 Å². The third-order valence-electron chi connectivity index (χ3n) is 7.02. The van der Waals surface area contributed by atoms with Crippen molar-refractivity contribution in [2.24, 2.45) is 16.5 Å². The summed E-state index contributed by atoms with van der Waals surface area (Å²) in [7, 11) is 0. The Kier molecular flexibility index (Phi) is 7.26. The van der Waals surface area contributed by atoms with Crippen molar-refractivity contribution in [3.63, 3.8) is 0 Å². The molecular formula is C30H25N9O5. The minimum atomic E-state index is -1.28. The zero-order chi connectivity index (χ0) is 30.8. The van der Waals surface area contributed by atoms with Crippen LogP contribution in [0.2, 0.25) is 0 Å². The molecule has 0 saturated heterocycles. The van der Waals surface area contributed by atoms with E-state index in [9.17, 15) is 20.0 Å². The van der Waals surface area contributed by atoms with Crippen molar-refractivity contribution in [1.82, 2.24) is 9.97 Å². The number of rotatable bonds is 8. The molecule has 8 N–H and O–H groups in total. The quantitative estimate of drug-likeness (QED) is 0.127. The molecule has 0 spiro atoms. The van der Waals surface area contributed by atoms with E-state index in [1.165, 1.54) is 18.2 Å². The van der Waals surface area contributed by atoms with Crippen LogP contribution in [0.25, 0.3) is 0 Å². The van der Waals surface area contributed by atoms with E-state index >= 15 is 0 Å². The third kappa shape index (κ3) is 5.70. The van der Waals surface area contributed by atoms with Crippen molar-refractivity contribution in [1.29, 1.82) is 5.26 Å². The highest BCUT2D eigenvalue weighted by Gasteiger charge is 2.35. The van der Waals surface area contributed by atoms with E-state index in [-0.39, 0.29) is 58.1 Å². The molecule has 2 unspecified atom stereocenters. The van der Waals surface area contributed by atoms with E-state index in [1.807, 2.05) is 30.3 Å². The summed E-state index contributed by atoms with van der Waals surface area (Å²) < 4.78 is 11.9. The smallest absolute Gasteiger partial charge is 0.339 e. The first-order valence-corrected chi connectivity index (χ1v) is 13.4. The third-order valence-corrected chi connectivity index (χ3v) is 7.02. The lowest BCUT2D eigenvalue weighted by Crippen LogP contribution is -2.40. The molecule has 1 amide bonds. The van der Waals surface area contributed by atoms with Crippen LogP contribution in [0, 0.1) is 11.3 Å². The fourth-order valence-electron chi connectivity index (χ4n) is 5.04. The Bertz CT molecular complexity index is 1870. The van der Waals surface area contributed by atoms with Gasteiger partial charge in [-0.25, -0.2) is 9.79 Å². The highest BCUT2D eigenvalue weighted by Crippen LogP contribution is 2.41. The number of nitriles is 1. The first kappa shape index (κ1) is 27.8. The number of aliphatic imine (C=N–C) groups is 1. The van der Waals surface area contributed by atoms with Gasteiger partial charge in [0.05, 0.1) is 17.3 Å². The molecule has 0 bridgehead atoms. The normalized spacial score (nSPS) is 16.2. The summed E-state index contributed by atoms with van der Waals surface area (Å²) in [5, 5.41) is 28.5. The predicted molar refractivity (Wildman–Crippen MR) is 161 cm³/mol. The number of carbonyl (C=O) groups excluding carboxylic acids is 1. The molecular weight excluding hydrogens is 566 g/mol. The largest absolute Gasteiger partial charge is 0.478 e. The Morgan fingerprint density at radius 3 is 2.73 bits per heavy atom. The summed E-state index contributed by atoms with van der Waals surface area (Å²) in [6, 6.07) is 19.4. The van der Waals surface area contributed by atoms with Gasteiger partial charge in [-0.2, -0.15) is 15.2 Å². The van der Waals surface area contributed by atoms with Crippen LogP contribution >= 0.6 is 0 Å². The van der Waals surface area contributed by atoms with Crippen LogP contribution in [0.15, 0.2) is 71.7 Å². The predicted octanol–water partition coefficient (Wildman–Crippen LogP) is 3.87. The number of anilines is 3. The summed E-state index contributed by atoms with van der Waals surface area (Å²) >= 11 is 0. The number of benzene rings is 3. The van der Waals surface area contributed by atoms with Crippen molar-refractivity contribution in [3.05, 3.63) is 83.4 Å². The number of ether oxygens (including phenoxy) is 2. The summed E-state index contributed by atoms with van der Waals surface area (Å²) in [5.74, 6) is -1.58. The number of carbonyl (C=O) groups is 2. The van der Waals surface area contributed by atoms with Gasteiger partial charge in [0.15, 0.2) is 11.8 Å². The van der Waals surface area contributed by atoms with E-state index in [0.717, 1.165) is 11.3 Å². The average Bonchev–Trinajstić information content (AvgIpc) is 3.40. The zero-order valence-corrected chi connectivity index (χ0v) is 22.9. The van der Waals surface area contributed by atoms with Gasteiger partial charge in [0.1, 0.15) is 28.8 Å². The van der Waals surface area contributed by atoms with Crippen LogP contribution in [0.4, 0.5) is 22.9 Å². The summed E-state index contributed by atoms with van der Waals surface area (Å²) in [4.78, 5) is 38.1. The average molecular weight is 592 g/mol. The molecule has 3 aromatic carbocycles. The molecule has 1 aromatic heterocycles. The van der Waals surface area contributed by atoms with Gasteiger partial charge in [0.25, 0.3) is 5.88 Å². The number of carboxylic acid groups (broad SMARTS) is 1. The number of nitrogens with one attached hydrogen (secondary N) is 3. The standard InChI is InChI=1S/C30H25N9O5/c31-13-15-8-9-20(28(41)42)23(10-15)44-27-24-25(38-30(39-27)43-18-5-3-4-17(12-18)35-29(32)33)36-22(26(40)37-24)11-16-14-34-21-7-2-1-6-19(16)21/h1-10,12,16,22,34H,11,14H2,(H,37,40)(H,41,42)(H4,32,33,35)(H,36,38,39). The van der Waals surface area contributed by atoms with Gasteiger partial charge in [0.2, 0.25) is 5.91 Å². The van der Waals surface area contributed by atoms with Crippen LogP contribution in [-0.2, 0) is 4.79 Å². The van der Waals surface area contributed by atoms with Gasteiger partial charge in [-0.1, -0.05) is 24.3 Å². The molecule has 0 saturated carbocycles. The number of carboxylic acids is 1. The van der Waals surface area contributed by atoms with Gasteiger partial charge >= 0.3 is 12.0 Å². The number of hydrogen-bond donors (Lipinski definition) is 6. The maximum Gasteiger partial charge on any atom is 0.339 e. The molecule has 0 aliphatic carbocycles. The lowest BCUT2D eigenvalue weighted by Gasteiger charge is -2.28. The number of aromatic carboxylic acids is 1. The second-order valence-electron chi connectivity index (χ2n) is 9.99. The highest BCUT2D eigenvalue weighted by atomic mass is 16.5. The Balaban J connectivity index is 1.37. The molecule has 3 heterocycles. The van der Waals surface area contributed by atoms with E-state index in [2.05, 4.69) is 30.9 Å². The monoisotopic (exact) mass is 591 g/mol. The lowest BCUT2D eigenvalue weighted by molar-refractivity contribution is -0.117. The first-order chi connectivity index (χ1) is 21.3. The Labute approximate surface area is 250 Å². The van der Waals surface area contributed by atoms with Crippen LogP contribution in [0.3, 0.4) is 0 Å². The Hall–Kier alpha value is -6.36. The van der Waals surface area contributed by atoms with Crippen LogP contribution in [0.1, 0.15) is 33.8 Å². The van der Waals surface area contributed by atoms with Crippen molar-refractivity contribution < 1.29 is 24.2 Å². The highest BCUT2D eigenvalue weighted by molar-refractivity contribution is 6.03. The minimum absolute atomic E-state index is 0.0643. The first-order valence-electron chi connectivity index (χ1n) is 13.4. The minimum Gasteiger partial charge on any atom is -0.478 e. The maximum absolute atomic E-state index is 13.3. The van der Waals surface area contributed by atoms with Gasteiger partial charge in [-0.3, -0.25) is 4.79 Å². The number of guanidine groups is 1. The summed E-state index contributed by atoms with van der Waals surface area (Å²) in [5.41, 5.74) is 13.6. The van der Waals surface area contributed by atoms with Crippen LogP contribution in [0.5, 0.6) is 23.4 Å². The number of aromatic nitrogens is 2.